The van der Waals surface area contributed by atoms with Gasteiger partial charge in [0.25, 0.3) is 0 Å². The van der Waals surface area contributed by atoms with Crippen molar-refractivity contribution in [2.24, 2.45) is 5.92 Å². The summed E-state index contributed by atoms with van der Waals surface area (Å²) < 4.78 is 53.5. The fourth-order valence-electron chi connectivity index (χ4n) is 5.16. The lowest BCUT2D eigenvalue weighted by Gasteiger charge is -2.25. The Balaban J connectivity index is 2.20. The monoisotopic (exact) mass is 919 g/mol. The smallest absolute Gasteiger partial charge is 0.407 e. The highest BCUT2D eigenvalue weighted by Crippen LogP contribution is 2.13. The SMILES string of the molecule is CC(C)C(NC(=O)COCCOCCOCCOCCOCCOCCOCCOCCOCC(=O)O)C(=O)NC(CCCCNC(=O)OC(C)(C)C)C(=O)Nc1ccc(CO)cc1. The molecule has 0 fully saturated rings. The summed E-state index contributed by atoms with van der Waals surface area (Å²) in [5, 5.41) is 28.8. The highest BCUT2D eigenvalue weighted by atomic mass is 16.6. The molecule has 1 aromatic rings. The lowest BCUT2D eigenvalue weighted by Crippen LogP contribution is -2.55. The Labute approximate surface area is 377 Å². The third kappa shape index (κ3) is 33.5. The summed E-state index contributed by atoms with van der Waals surface area (Å²) in [6.07, 6.45) is 0.720. The average Bonchev–Trinajstić information content (AvgIpc) is 3.24. The molecule has 6 N–H and O–H groups in total. The van der Waals surface area contributed by atoms with E-state index in [-0.39, 0.29) is 52.0 Å². The number of amides is 4. The van der Waals surface area contributed by atoms with Gasteiger partial charge in [-0.1, -0.05) is 26.0 Å². The van der Waals surface area contributed by atoms with Gasteiger partial charge in [0, 0.05) is 12.2 Å². The van der Waals surface area contributed by atoms with E-state index in [4.69, 9.17) is 52.5 Å². The van der Waals surface area contributed by atoms with Crippen molar-refractivity contribution in [2.45, 2.75) is 78.2 Å². The average molecular weight is 919 g/mol. The van der Waals surface area contributed by atoms with Crippen molar-refractivity contribution in [3.63, 3.8) is 0 Å². The number of carboxylic acids is 1. The molecule has 0 aliphatic carbocycles. The van der Waals surface area contributed by atoms with Gasteiger partial charge in [0.15, 0.2) is 0 Å². The summed E-state index contributed by atoms with van der Waals surface area (Å²) >= 11 is 0. The molecule has 368 valence electrons. The first kappa shape index (κ1) is 58.0. The molecule has 2 atom stereocenters. The minimum absolute atomic E-state index is 0.143. The Hall–Kier alpha value is -4.03. The van der Waals surface area contributed by atoms with Crippen LogP contribution in [-0.4, -0.2) is 183 Å². The van der Waals surface area contributed by atoms with Crippen LogP contribution in [0.5, 0.6) is 0 Å². The van der Waals surface area contributed by atoms with E-state index < -0.39 is 47.5 Å². The number of hydrogen-bond donors (Lipinski definition) is 6. The van der Waals surface area contributed by atoms with Gasteiger partial charge >= 0.3 is 12.1 Å². The van der Waals surface area contributed by atoms with Crippen LogP contribution >= 0.6 is 0 Å². The fraction of sp³-hybridized carbons (Fsp3) is 0.744. The van der Waals surface area contributed by atoms with Crippen molar-refractivity contribution >= 4 is 35.5 Å². The number of anilines is 1. The highest BCUT2D eigenvalue weighted by molar-refractivity contribution is 5.98. The Morgan fingerprint density at radius 2 is 1.03 bits per heavy atom. The van der Waals surface area contributed by atoms with E-state index in [0.29, 0.717) is 117 Å². The summed E-state index contributed by atoms with van der Waals surface area (Å²) in [5.74, 6) is -2.82. The number of carboxylic acid groups (broad SMARTS) is 1. The van der Waals surface area contributed by atoms with Crippen LogP contribution in [-0.2, 0) is 73.2 Å². The minimum Gasteiger partial charge on any atom is -0.480 e. The maximum atomic E-state index is 13.5. The van der Waals surface area contributed by atoms with E-state index in [1.807, 2.05) is 0 Å². The number of ether oxygens (including phenoxy) is 10. The van der Waals surface area contributed by atoms with Crippen molar-refractivity contribution in [3.8, 4) is 0 Å². The summed E-state index contributed by atoms with van der Waals surface area (Å²) in [5.41, 5.74) is 0.531. The number of aliphatic carboxylic acids is 1. The van der Waals surface area contributed by atoms with Gasteiger partial charge < -0.3 is 78.8 Å². The topological polar surface area (TPSA) is 266 Å². The molecule has 0 saturated heterocycles. The maximum Gasteiger partial charge on any atom is 0.407 e. The number of unbranched alkanes of at least 4 members (excludes halogenated alkanes) is 1. The summed E-state index contributed by atoms with van der Waals surface area (Å²) in [4.78, 5) is 61.9. The molecule has 2 unspecified atom stereocenters. The van der Waals surface area contributed by atoms with E-state index in [1.165, 1.54) is 0 Å². The molecule has 64 heavy (non-hydrogen) atoms. The second kappa shape index (κ2) is 37.2. The minimum atomic E-state index is -1.02. The molecule has 4 amide bonds. The lowest BCUT2D eigenvalue weighted by atomic mass is 10.0. The van der Waals surface area contributed by atoms with Crippen molar-refractivity contribution in [2.75, 3.05) is 131 Å². The van der Waals surface area contributed by atoms with Crippen LogP contribution in [0.25, 0.3) is 0 Å². The Bertz CT molecular complexity index is 1400. The molecule has 0 aliphatic heterocycles. The molecule has 0 bridgehead atoms. The van der Waals surface area contributed by atoms with Crippen molar-refractivity contribution in [1.82, 2.24) is 16.0 Å². The molecule has 0 heterocycles. The van der Waals surface area contributed by atoms with E-state index in [9.17, 15) is 29.1 Å². The number of aliphatic hydroxyl groups excluding tert-OH is 1. The summed E-state index contributed by atoms with van der Waals surface area (Å²) in [6, 6.07) is 4.76. The lowest BCUT2D eigenvalue weighted by molar-refractivity contribution is -0.142. The molecule has 21 heteroatoms. The zero-order valence-corrected chi connectivity index (χ0v) is 38.3. The quantitative estimate of drug-likeness (QED) is 0.0512. The van der Waals surface area contributed by atoms with Gasteiger partial charge in [-0.2, -0.15) is 0 Å². The number of nitrogens with one attached hydrogen (secondary N) is 4. The second-order valence-corrected chi connectivity index (χ2v) is 15.4. The van der Waals surface area contributed by atoms with Gasteiger partial charge in [-0.15, -0.1) is 0 Å². The van der Waals surface area contributed by atoms with Gasteiger partial charge in [-0.05, 0) is 63.6 Å². The second-order valence-electron chi connectivity index (χ2n) is 15.4. The molecule has 0 radical (unpaired) electrons. The molecule has 0 aromatic heterocycles. The molecule has 0 aliphatic rings. The number of alkyl carbamates (subject to hydrolysis) is 1. The molecule has 0 saturated carbocycles. The zero-order chi connectivity index (χ0) is 47.3. The molecule has 1 rings (SSSR count). The fourth-order valence-corrected chi connectivity index (χ4v) is 5.16. The van der Waals surface area contributed by atoms with Crippen LogP contribution in [0.1, 0.15) is 59.4 Å². The van der Waals surface area contributed by atoms with E-state index in [2.05, 4.69) is 21.3 Å². The van der Waals surface area contributed by atoms with E-state index >= 15 is 0 Å². The van der Waals surface area contributed by atoms with Crippen LogP contribution in [0, 0.1) is 5.92 Å². The first-order chi connectivity index (χ1) is 30.7. The molecule has 1 aromatic carbocycles. The number of benzene rings is 1. The third-order valence-corrected chi connectivity index (χ3v) is 8.33. The Kier molecular flexibility index (Phi) is 33.7. The highest BCUT2D eigenvalue weighted by Gasteiger charge is 2.29. The predicted octanol–water partition coefficient (Wildman–Crippen LogP) is 1.67. The van der Waals surface area contributed by atoms with Crippen LogP contribution in [0.2, 0.25) is 0 Å². The van der Waals surface area contributed by atoms with Crippen LogP contribution in [0.15, 0.2) is 24.3 Å². The number of rotatable bonds is 40. The number of carbonyl (C=O) groups excluding carboxylic acids is 4. The van der Waals surface area contributed by atoms with E-state index in [0.717, 1.165) is 0 Å². The standard InChI is InChI=1S/C43H74N4O17/c1-33(2)39(41(53)46-36(8-6-7-13-44-42(54)64-43(3,4)5)40(52)45-35-11-9-34(30-48)10-12-35)47-37(49)31-62-28-26-60-24-22-58-20-18-56-16-14-55-15-17-57-19-21-59-23-25-61-27-29-63-32-38(50)51/h9-12,33,36,39,48H,6-8,13-32H2,1-5H3,(H,44,54)(H,45,52)(H,46,53)(H,47,49)(H,50,51). The molecular weight excluding hydrogens is 844 g/mol. The molecule has 0 spiro atoms. The first-order valence-corrected chi connectivity index (χ1v) is 21.7. The largest absolute Gasteiger partial charge is 0.480 e. The van der Waals surface area contributed by atoms with Gasteiger partial charge in [0.05, 0.1) is 112 Å². The predicted molar refractivity (Wildman–Crippen MR) is 233 cm³/mol. The Morgan fingerprint density at radius 1 is 0.594 bits per heavy atom. The normalized spacial score (nSPS) is 12.4. The van der Waals surface area contributed by atoms with Gasteiger partial charge in [0.1, 0.15) is 30.9 Å². The Morgan fingerprint density at radius 3 is 1.44 bits per heavy atom. The van der Waals surface area contributed by atoms with Crippen molar-refractivity contribution < 1.29 is 81.6 Å². The third-order valence-electron chi connectivity index (χ3n) is 8.33. The molecule has 21 nitrogen and oxygen atoms in total. The number of hydrogen-bond acceptors (Lipinski definition) is 16. The van der Waals surface area contributed by atoms with Crippen molar-refractivity contribution in [1.29, 1.82) is 0 Å². The van der Waals surface area contributed by atoms with Gasteiger partial charge in [-0.3, -0.25) is 14.4 Å². The summed E-state index contributed by atoms with van der Waals surface area (Å²) in [6.45, 7) is 14.0. The first-order valence-electron chi connectivity index (χ1n) is 21.7. The summed E-state index contributed by atoms with van der Waals surface area (Å²) in [7, 11) is 0. The van der Waals surface area contributed by atoms with Crippen LogP contribution < -0.4 is 21.3 Å². The number of aliphatic hydroxyl groups is 1. The van der Waals surface area contributed by atoms with Crippen molar-refractivity contribution in [3.05, 3.63) is 29.8 Å². The molecular formula is C43H74N4O17. The van der Waals surface area contributed by atoms with Crippen LogP contribution in [0.3, 0.4) is 0 Å². The van der Waals surface area contributed by atoms with Crippen LogP contribution in [0.4, 0.5) is 10.5 Å². The van der Waals surface area contributed by atoms with Gasteiger partial charge in [-0.25, -0.2) is 9.59 Å². The van der Waals surface area contributed by atoms with Gasteiger partial charge in [0.2, 0.25) is 17.7 Å². The maximum absolute atomic E-state index is 13.5. The number of carbonyl (C=O) groups is 5. The van der Waals surface area contributed by atoms with E-state index in [1.54, 1.807) is 58.9 Å². The zero-order valence-electron chi connectivity index (χ0n) is 38.3.